The Morgan fingerprint density at radius 2 is 2.05 bits per heavy atom. The van der Waals surface area contributed by atoms with Crippen LogP contribution in [0.2, 0.25) is 0 Å². The smallest absolute Gasteiger partial charge is 0.0589 e. The molecule has 0 aliphatic carbocycles. The quantitative estimate of drug-likeness (QED) is 0.555. The molecular formula is C15H24N2O2S. The highest BCUT2D eigenvalue weighted by Crippen LogP contribution is 2.16. The lowest BCUT2D eigenvalue weighted by Crippen LogP contribution is -2.28. The molecule has 4 nitrogen and oxygen atoms in total. The predicted molar refractivity (Wildman–Crippen MR) is 83.9 cm³/mol. The molecule has 0 spiro atoms. The van der Waals surface area contributed by atoms with Gasteiger partial charge in [-0.3, -0.25) is 4.90 Å². The van der Waals surface area contributed by atoms with Crippen LogP contribution >= 0.6 is 11.3 Å². The first kappa shape index (κ1) is 17.2. The van der Waals surface area contributed by atoms with Gasteiger partial charge in [-0.15, -0.1) is 11.3 Å². The van der Waals surface area contributed by atoms with E-state index in [0.29, 0.717) is 6.54 Å². The fraction of sp³-hybridized carbons (Fsp3) is 0.600. The van der Waals surface area contributed by atoms with Gasteiger partial charge in [0.05, 0.1) is 13.2 Å². The molecule has 5 heteroatoms. The second-order valence-corrected chi connectivity index (χ2v) is 5.42. The zero-order valence-corrected chi connectivity index (χ0v) is 13.2. The van der Waals surface area contributed by atoms with Crippen LogP contribution in [0.1, 0.15) is 16.9 Å². The van der Waals surface area contributed by atoms with Crippen molar-refractivity contribution in [2.24, 2.45) is 5.73 Å². The fourth-order valence-electron chi connectivity index (χ4n) is 1.83. The molecule has 0 atom stereocenters. The number of rotatable bonds is 9. The van der Waals surface area contributed by atoms with Crippen molar-refractivity contribution in [2.45, 2.75) is 13.0 Å². The monoisotopic (exact) mass is 296 g/mol. The van der Waals surface area contributed by atoms with Crippen LogP contribution in [0, 0.1) is 11.8 Å². The van der Waals surface area contributed by atoms with Crippen LogP contribution in [0.3, 0.4) is 0 Å². The standard InChI is InChI=1S/C15H24N2O2S/c1-18-9-4-7-17(8-10-19-2)12-15-11-14(13-20-15)5-3-6-16/h11,13H,4,6-10,12,16H2,1-2H3. The summed E-state index contributed by atoms with van der Waals surface area (Å²) in [6, 6.07) is 2.14. The minimum Gasteiger partial charge on any atom is -0.385 e. The maximum Gasteiger partial charge on any atom is 0.0589 e. The maximum atomic E-state index is 5.38. The number of ether oxygens (including phenoxy) is 2. The highest BCUT2D eigenvalue weighted by Gasteiger charge is 2.07. The van der Waals surface area contributed by atoms with E-state index in [2.05, 4.69) is 28.2 Å². The van der Waals surface area contributed by atoms with Crippen molar-refractivity contribution in [3.05, 3.63) is 21.9 Å². The molecule has 0 radical (unpaired) electrons. The van der Waals surface area contributed by atoms with E-state index in [0.717, 1.165) is 44.8 Å². The van der Waals surface area contributed by atoms with Crippen LogP contribution in [0.25, 0.3) is 0 Å². The molecule has 0 saturated heterocycles. The Morgan fingerprint density at radius 1 is 1.25 bits per heavy atom. The molecule has 1 aromatic rings. The highest BCUT2D eigenvalue weighted by molar-refractivity contribution is 7.10. The van der Waals surface area contributed by atoms with Crippen molar-refractivity contribution < 1.29 is 9.47 Å². The predicted octanol–water partition coefficient (Wildman–Crippen LogP) is 1.54. The van der Waals surface area contributed by atoms with E-state index in [9.17, 15) is 0 Å². The number of methoxy groups -OCH3 is 2. The third-order valence-electron chi connectivity index (χ3n) is 2.80. The summed E-state index contributed by atoms with van der Waals surface area (Å²) in [6.45, 7) is 4.82. The summed E-state index contributed by atoms with van der Waals surface area (Å²) in [7, 11) is 3.47. The zero-order valence-electron chi connectivity index (χ0n) is 12.4. The first-order valence-electron chi connectivity index (χ1n) is 6.76. The van der Waals surface area contributed by atoms with Crippen molar-refractivity contribution in [1.29, 1.82) is 0 Å². The number of hydrogen-bond acceptors (Lipinski definition) is 5. The summed E-state index contributed by atoms with van der Waals surface area (Å²) < 4.78 is 10.3. The van der Waals surface area contributed by atoms with E-state index in [1.165, 1.54) is 4.88 Å². The van der Waals surface area contributed by atoms with Crippen molar-refractivity contribution in [1.82, 2.24) is 4.90 Å². The Balaban J connectivity index is 2.51. The molecule has 0 unspecified atom stereocenters. The Labute approximate surface area is 125 Å². The topological polar surface area (TPSA) is 47.7 Å². The zero-order chi connectivity index (χ0) is 14.6. The number of hydrogen-bond donors (Lipinski definition) is 1. The summed E-state index contributed by atoms with van der Waals surface area (Å²) in [6.07, 6.45) is 1.03. The molecule has 0 aliphatic rings. The van der Waals surface area contributed by atoms with Gasteiger partial charge in [-0.1, -0.05) is 11.8 Å². The minimum atomic E-state index is 0.405. The number of thiophene rings is 1. The molecule has 0 fully saturated rings. The van der Waals surface area contributed by atoms with Gasteiger partial charge < -0.3 is 15.2 Å². The molecule has 20 heavy (non-hydrogen) atoms. The van der Waals surface area contributed by atoms with Gasteiger partial charge in [-0.05, 0) is 12.5 Å². The molecule has 1 aromatic heterocycles. The number of nitrogens with zero attached hydrogens (tertiary/aromatic N) is 1. The first-order chi connectivity index (χ1) is 9.80. The van der Waals surface area contributed by atoms with Crippen LogP contribution in [0.4, 0.5) is 0 Å². The lowest BCUT2D eigenvalue weighted by atomic mass is 10.3. The second-order valence-electron chi connectivity index (χ2n) is 4.42. The lowest BCUT2D eigenvalue weighted by molar-refractivity contribution is 0.130. The van der Waals surface area contributed by atoms with Gasteiger partial charge in [0.2, 0.25) is 0 Å². The minimum absolute atomic E-state index is 0.405. The Bertz CT molecular complexity index is 423. The lowest BCUT2D eigenvalue weighted by Gasteiger charge is -2.20. The molecule has 0 aliphatic heterocycles. The summed E-state index contributed by atoms with van der Waals surface area (Å²) >= 11 is 1.74. The van der Waals surface area contributed by atoms with Gasteiger partial charge >= 0.3 is 0 Å². The van der Waals surface area contributed by atoms with Crippen molar-refractivity contribution in [3.8, 4) is 11.8 Å². The summed E-state index contributed by atoms with van der Waals surface area (Å²) in [5, 5.41) is 2.08. The van der Waals surface area contributed by atoms with Crippen LogP contribution in [0.5, 0.6) is 0 Å². The molecule has 0 aromatic carbocycles. The van der Waals surface area contributed by atoms with Crippen LogP contribution in [-0.4, -0.2) is 52.0 Å². The van der Waals surface area contributed by atoms with Gasteiger partial charge in [0.25, 0.3) is 0 Å². The van der Waals surface area contributed by atoms with Crippen molar-refractivity contribution >= 4 is 11.3 Å². The summed E-state index contributed by atoms with van der Waals surface area (Å²) in [5.74, 6) is 5.95. The van der Waals surface area contributed by atoms with Crippen molar-refractivity contribution in [2.75, 3.05) is 47.1 Å². The highest BCUT2D eigenvalue weighted by atomic mass is 32.1. The van der Waals surface area contributed by atoms with Crippen LogP contribution in [-0.2, 0) is 16.0 Å². The van der Waals surface area contributed by atoms with Gasteiger partial charge in [0.15, 0.2) is 0 Å². The third kappa shape index (κ3) is 7.04. The third-order valence-corrected chi connectivity index (χ3v) is 3.72. The van der Waals surface area contributed by atoms with E-state index in [1.54, 1.807) is 25.6 Å². The van der Waals surface area contributed by atoms with E-state index in [1.807, 2.05) is 0 Å². The van der Waals surface area contributed by atoms with E-state index < -0.39 is 0 Å². The van der Waals surface area contributed by atoms with Crippen LogP contribution in [0.15, 0.2) is 11.4 Å². The molecule has 0 amide bonds. The molecule has 0 saturated carbocycles. The fourth-order valence-corrected chi connectivity index (χ4v) is 2.68. The van der Waals surface area contributed by atoms with Gasteiger partial charge in [0, 0.05) is 56.3 Å². The maximum absolute atomic E-state index is 5.38. The SMILES string of the molecule is COCCCN(CCOC)Cc1cc(C#CCN)cs1. The van der Waals surface area contributed by atoms with E-state index in [-0.39, 0.29) is 0 Å². The van der Waals surface area contributed by atoms with Gasteiger partial charge in [-0.25, -0.2) is 0 Å². The van der Waals surface area contributed by atoms with E-state index in [4.69, 9.17) is 15.2 Å². The molecule has 2 N–H and O–H groups in total. The molecule has 112 valence electrons. The average Bonchev–Trinajstić information content (AvgIpc) is 2.90. The van der Waals surface area contributed by atoms with Crippen LogP contribution < -0.4 is 5.73 Å². The van der Waals surface area contributed by atoms with Gasteiger partial charge in [0.1, 0.15) is 0 Å². The van der Waals surface area contributed by atoms with E-state index >= 15 is 0 Å². The normalized spacial score (nSPS) is 10.6. The summed E-state index contributed by atoms with van der Waals surface area (Å²) in [5.41, 5.74) is 6.44. The Kier molecular flexibility index (Phi) is 9.29. The molecular weight excluding hydrogens is 272 g/mol. The second kappa shape index (κ2) is 10.8. The van der Waals surface area contributed by atoms with Crippen molar-refractivity contribution in [3.63, 3.8) is 0 Å². The molecule has 1 heterocycles. The molecule has 0 bridgehead atoms. The number of nitrogens with two attached hydrogens (primary N) is 1. The Morgan fingerprint density at radius 3 is 2.75 bits per heavy atom. The summed E-state index contributed by atoms with van der Waals surface area (Å²) in [4.78, 5) is 3.70. The first-order valence-corrected chi connectivity index (χ1v) is 7.64. The molecule has 1 rings (SSSR count). The van der Waals surface area contributed by atoms with Gasteiger partial charge in [-0.2, -0.15) is 0 Å². The largest absolute Gasteiger partial charge is 0.385 e. The Hall–Kier alpha value is -0.900. The average molecular weight is 296 g/mol.